The molecule has 0 spiro atoms. The van der Waals surface area contributed by atoms with Gasteiger partial charge in [-0.1, -0.05) is 19.1 Å². The van der Waals surface area contributed by atoms with Crippen molar-refractivity contribution in [1.82, 2.24) is 0 Å². The fourth-order valence-corrected chi connectivity index (χ4v) is 1.50. The van der Waals surface area contributed by atoms with E-state index in [1.54, 1.807) is 0 Å². The summed E-state index contributed by atoms with van der Waals surface area (Å²) in [5.74, 6) is 1.15. The van der Waals surface area contributed by atoms with E-state index in [1.807, 2.05) is 31.2 Å². The average molecular weight is 238 g/mol. The first-order chi connectivity index (χ1) is 8.26. The highest BCUT2D eigenvalue weighted by Crippen LogP contribution is 2.14. The lowest BCUT2D eigenvalue weighted by Gasteiger charge is -2.10. The van der Waals surface area contributed by atoms with Crippen LogP contribution in [0.2, 0.25) is 0 Å². The normalized spacial score (nSPS) is 12.4. The van der Waals surface area contributed by atoms with Gasteiger partial charge in [0.15, 0.2) is 0 Å². The maximum absolute atomic E-state index is 8.87. The van der Waals surface area contributed by atoms with E-state index in [1.165, 1.54) is 5.56 Å². The van der Waals surface area contributed by atoms with Crippen LogP contribution in [0.4, 0.5) is 0 Å². The van der Waals surface area contributed by atoms with Crippen LogP contribution in [-0.4, -0.2) is 30.0 Å². The summed E-state index contributed by atoms with van der Waals surface area (Å²) in [6.45, 7) is 3.08. The summed E-state index contributed by atoms with van der Waals surface area (Å²) >= 11 is 0. The first kappa shape index (κ1) is 14.0. The lowest BCUT2D eigenvalue weighted by molar-refractivity contribution is 0.202. The number of rotatable bonds is 8. The lowest BCUT2D eigenvalue weighted by atomic mass is 10.1. The Labute approximate surface area is 103 Å². The van der Waals surface area contributed by atoms with E-state index in [0.29, 0.717) is 12.5 Å². The van der Waals surface area contributed by atoms with Gasteiger partial charge in [0.25, 0.3) is 0 Å². The summed E-state index contributed by atoms with van der Waals surface area (Å²) in [5.41, 5.74) is 1.22. The van der Waals surface area contributed by atoms with E-state index >= 15 is 0 Å². The first-order valence-corrected chi connectivity index (χ1v) is 6.19. The molecule has 0 saturated carbocycles. The molecular formula is C14H22O3. The molecule has 0 unspecified atom stereocenters. The van der Waals surface area contributed by atoms with Gasteiger partial charge in [-0.2, -0.15) is 0 Å². The molecule has 1 rings (SSSR count). The van der Waals surface area contributed by atoms with Crippen LogP contribution in [0.5, 0.6) is 5.75 Å². The summed E-state index contributed by atoms with van der Waals surface area (Å²) in [4.78, 5) is 0. The van der Waals surface area contributed by atoms with E-state index in [9.17, 15) is 0 Å². The molecule has 0 aromatic heterocycles. The van der Waals surface area contributed by atoms with Crippen LogP contribution >= 0.6 is 0 Å². The van der Waals surface area contributed by atoms with Crippen molar-refractivity contribution in [3.8, 4) is 5.75 Å². The van der Waals surface area contributed by atoms with Gasteiger partial charge in [-0.05, 0) is 42.9 Å². The number of ether oxygens (including phenoxy) is 1. The van der Waals surface area contributed by atoms with Gasteiger partial charge in [-0.3, -0.25) is 0 Å². The monoisotopic (exact) mass is 238 g/mol. The molecule has 0 aliphatic heterocycles. The summed E-state index contributed by atoms with van der Waals surface area (Å²) < 4.78 is 5.58. The molecule has 0 fully saturated rings. The molecular weight excluding hydrogens is 216 g/mol. The second-order valence-electron chi connectivity index (χ2n) is 4.40. The largest absolute Gasteiger partial charge is 0.494 e. The third-order valence-electron chi connectivity index (χ3n) is 2.74. The molecule has 96 valence electrons. The minimum atomic E-state index is 0.212. The second kappa shape index (κ2) is 8.09. The van der Waals surface area contributed by atoms with Gasteiger partial charge in [0.1, 0.15) is 5.75 Å². The fourth-order valence-electron chi connectivity index (χ4n) is 1.50. The van der Waals surface area contributed by atoms with Gasteiger partial charge < -0.3 is 14.9 Å². The van der Waals surface area contributed by atoms with Gasteiger partial charge in [0.05, 0.1) is 6.61 Å². The first-order valence-electron chi connectivity index (χ1n) is 6.19. The molecule has 2 N–H and O–H groups in total. The molecule has 17 heavy (non-hydrogen) atoms. The molecule has 1 aromatic carbocycles. The zero-order valence-electron chi connectivity index (χ0n) is 10.4. The van der Waals surface area contributed by atoms with Crippen molar-refractivity contribution in [3.63, 3.8) is 0 Å². The molecule has 1 aromatic rings. The van der Waals surface area contributed by atoms with Crippen molar-refractivity contribution < 1.29 is 14.9 Å². The molecule has 0 radical (unpaired) electrons. The van der Waals surface area contributed by atoms with Gasteiger partial charge in [0.2, 0.25) is 0 Å². The Bertz CT molecular complexity index is 295. The smallest absolute Gasteiger partial charge is 0.119 e. The predicted octanol–water partition coefficient (Wildman–Crippen LogP) is 2.01. The Morgan fingerprint density at radius 2 is 1.88 bits per heavy atom. The summed E-state index contributed by atoms with van der Waals surface area (Å²) in [7, 11) is 0. The molecule has 1 atom stereocenters. The Hall–Kier alpha value is -1.06. The molecule has 3 heteroatoms. The number of aryl methyl sites for hydroxylation is 1. The third-order valence-corrected chi connectivity index (χ3v) is 2.74. The van der Waals surface area contributed by atoms with Crippen LogP contribution in [0.15, 0.2) is 24.3 Å². The molecule has 0 aliphatic carbocycles. The quantitative estimate of drug-likeness (QED) is 0.728. The number of hydrogen-bond donors (Lipinski definition) is 2. The van der Waals surface area contributed by atoms with Crippen LogP contribution in [0, 0.1) is 5.92 Å². The zero-order valence-corrected chi connectivity index (χ0v) is 10.4. The standard InChI is InChI=1S/C14H22O3/c1-12(11-16)8-10-17-14-6-4-13(5-7-14)3-2-9-15/h4-7,12,15-16H,2-3,8-11H2,1H3/t12-/m1/s1. The lowest BCUT2D eigenvalue weighted by Crippen LogP contribution is -2.07. The van der Waals surface area contributed by atoms with Crippen LogP contribution in [0.1, 0.15) is 25.3 Å². The third kappa shape index (κ3) is 5.71. The Morgan fingerprint density at radius 3 is 2.47 bits per heavy atom. The Balaban J connectivity index is 2.30. The molecule has 3 nitrogen and oxygen atoms in total. The predicted molar refractivity (Wildman–Crippen MR) is 68.2 cm³/mol. The topological polar surface area (TPSA) is 49.7 Å². The molecule has 0 bridgehead atoms. The molecule has 0 heterocycles. The van der Waals surface area contributed by atoms with Gasteiger partial charge >= 0.3 is 0 Å². The van der Waals surface area contributed by atoms with Gasteiger partial charge in [0, 0.05) is 13.2 Å². The number of benzene rings is 1. The molecule has 0 saturated heterocycles. The minimum absolute atomic E-state index is 0.212. The minimum Gasteiger partial charge on any atom is -0.494 e. The van der Waals surface area contributed by atoms with E-state index in [0.717, 1.165) is 25.0 Å². The van der Waals surface area contributed by atoms with Crippen molar-refractivity contribution in [2.75, 3.05) is 19.8 Å². The van der Waals surface area contributed by atoms with Gasteiger partial charge in [-0.25, -0.2) is 0 Å². The number of aliphatic hydroxyl groups is 2. The van der Waals surface area contributed by atoms with Crippen molar-refractivity contribution >= 4 is 0 Å². The average Bonchev–Trinajstić information content (AvgIpc) is 2.37. The van der Waals surface area contributed by atoms with E-state index in [-0.39, 0.29) is 13.2 Å². The van der Waals surface area contributed by atoms with Crippen LogP contribution in [-0.2, 0) is 6.42 Å². The highest BCUT2D eigenvalue weighted by atomic mass is 16.5. The highest BCUT2D eigenvalue weighted by Gasteiger charge is 2.00. The summed E-state index contributed by atoms with van der Waals surface area (Å²) in [6.07, 6.45) is 2.56. The van der Waals surface area contributed by atoms with Crippen molar-refractivity contribution in [3.05, 3.63) is 29.8 Å². The van der Waals surface area contributed by atoms with E-state index < -0.39 is 0 Å². The zero-order chi connectivity index (χ0) is 12.5. The van der Waals surface area contributed by atoms with Crippen LogP contribution in [0.25, 0.3) is 0 Å². The van der Waals surface area contributed by atoms with Crippen molar-refractivity contribution in [1.29, 1.82) is 0 Å². The van der Waals surface area contributed by atoms with Crippen molar-refractivity contribution in [2.24, 2.45) is 5.92 Å². The number of aliphatic hydroxyl groups excluding tert-OH is 2. The molecule has 0 amide bonds. The fraction of sp³-hybridized carbons (Fsp3) is 0.571. The maximum Gasteiger partial charge on any atom is 0.119 e. The van der Waals surface area contributed by atoms with Crippen molar-refractivity contribution in [2.45, 2.75) is 26.2 Å². The Morgan fingerprint density at radius 1 is 1.18 bits per heavy atom. The molecule has 0 aliphatic rings. The van der Waals surface area contributed by atoms with E-state index in [4.69, 9.17) is 14.9 Å². The summed E-state index contributed by atoms with van der Waals surface area (Å²) in [5, 5.41) is 17.6. The second-order valence-corrected chi connectivity index (χ2v) is 4.40. The van der Waals surface area contributed by atoms with E-state index in [2.05, 4.69) is 0 Å². The SMILES string of the molecule is C[C@@H](CO)CCOc1ccc(CCCO)cc1. The highest BCUT2D eigenvalue weighted by molar-refractivity contribution is 5.27. The number of hydrogen-bond acceptors (Lipinski definition) is 3. The maximum atomic E-state index is 8.87. The van der Waals surface area contributed by atoms with Crippen LogP contribution in [0.3, 0.4) is 0 Å². The Kier molecular flexibility index (Phi) is 6.67. The van der Waals surface area contributed by atoms with Crippen LogP contribution < -0.4 is 4.74 Å². The van der Waals surface area contributed by atoms with Gasteiger partial charge in [-0.15, -0.1) is 0 Å². The summed E-state index contributed by atoms with van der Waals surface area (Å²) in [6, 6.07) is 7.97.